The van der Waals surface area contributed by atoms with Crippen LogP contribution in [0, 0.1) is 0 Å². The minimum Gasteiger partial charge on any atom is -0.393 e. The van der Waals surface area contributed by atoms with E-state index >= 15 is 0 Å². The molecule has 13 heavy (non-hydrogen) atoms. The normalized spacial score (nSPS) is 25.8. The van der Waals surface area contributed by atoms with E-state index in [4.69, 9.17) is 5.11 Å². The van der Waals surface area contributed by atoms with Crippen molar-refractivity contribution in [1.82, 2.24) is 5.32 Å². The maximum absolute atomic E-state index is 11.2. The van der Waals surface area contributed by atoms with Crippen LogP contribution in [0.25, 0.3) is 0 Å². The second kappa shape index (κ2) is 3.87. The van der Waals surface area contributed by atoms with Crippen molar-refractivity contribution < 1.29 is 14.7 Å². The molecule has 1 aliphatic carbocycles. The molecule has 4 heteroatoms. The van der Waals surface area contributed by atoms with Gasteiger partial charge in [0.15, 0.2) is 5.78 Å². The van der Waals surface area contributed by atoms with Crippen molar-refractivity contribution in [2.24, 2.45) is 0 Å². The Bertz CT molecular complexity index is 227. The topological polar surface area (TPSA) is 66.4 Å². The molecular weight excluding hydrogens is 170 g/mol. The van der Waals surface area contributed by atoms with Gasteiger partial charge in [-0.3, -0.25) is 9.59 Å². The molecule has 1 aliphatic rings. The Labute approximate surface area is 77.3 Å². The molecule has 1 atom stereocenters. The molecule has 2 N–H and O–H groups in total. The molecular formula is C9H15NO3. The highest BCUT2D eigenvalue weighted by atomic mass is 16.3. The fourth-order valence-electron chi connectivity index (χ4n) is 1.19. The Morgan fingerprint density at radius 2 is 2.31 bits per heavy atom. The third-order valence-electron chi connectivity index (χ3n) is 2.28. The average Bonchev–Trinajstić information content (AvgIpc) is 2.74. The molecule has 0 aromatic rings. The molecule has 0 bridgehead atoms. The van der Waals surface area contributed by atoms with Crippen molar-refractivity contribution in [1.29, 1.82) is 0 Å². The molecule has 1 amide bonds. The highest BCUT2D eigenvalue weighted by molar-refractivity contribution is 6.08. The number of hydrogen-bond acceptors (Lipinski definition) is 3. The highest BCUT2D eigenvalue weighted by Crippen LogP contribution is 2.29. The van der Waals surface area contributed by atoms with Gasteiger partial charge in [-0.2, -0.15) is 0 Å². The monoisotopic (exact) mass is 185 g/mol. The number of aliphatic hydroxyl groups excluding tert-OH is 1. The van der Waals surface area contributed by atoms with Gasteiger partial charge in [0.25, 0.3) is 0 Å². The summed E-state index contributed by atoms with van der Waals surface area (Å²) in [5, 5.41) is 11.4. The number of nitrogens with one attached hydrogen (secondary N) is 1. The van der Waals surface area contributed by atoms with E-state index < -0.39 is 5.54 Å². The van der Waals surface area contributed by atoms with E-state index in [0.717, 1.165) is 12.8 Å². The van der Waals surface area contributed by atoms with Gasteiger partial charge in [-0.05, 0) is 6.42 Å². The molecule has 74 valence electrons. The molecule has 0 aliphatic heterocycles. The number of carbonyl (C=O) groups is 2. The Morgan fingerprint density at radius 1 is 1.69 bits per heavy atom. The van der Waals surface area contributed by atoms with Gasteiger partial charge in [0.2, 0.25) is 5.91 Å². The first-order chi connectivity index (χ1) is 6.14. The minimum atomic E-state index is -0.912. The van der Waals surface area contributed by atoms with Crippen LogP contribution in [-0.2, 0) is 9.59 Å². The second-order valence-electron chi connectivity index (χ2n) is 3.49. The van der Waals surface area contributed by atoms with Crippen LogP contribution in [-0.4, -0.2) is 28.9 Å². The molecule has 0 heterocycles. The van der Waals surface area contributed by atoms with Gasteiger partial charge >= 0.3 is 0 Å². The van der Waals surface area contributed by atoms with Crippen LogP contribution in [0.1, 0.15) is 32.6 Å². The Morgan fingerprint density at radius 3 is 2.69 bits per heavy atom. The molecule has 0 aromatic heterocycles. The quantitative estimate of drug-likeness (QED) is 0.633. The van der Waals surface area contributed by atoms with Crippen LogP contribution in [0.15, 0.2) is 0 Å². The van der Waals surface area contributed by atoms with Crippen molar-refractivity contribution in [3.8, 4) is 0 Å². The van der Waals surface area contributed by atoms with Gasteiger partial charge < -0.3 is 10.4 Å². The van der Waals surface area contributed by atoms with Crippen LogP contribution < -0.4 is 5.32 Å². The molecule has 0 unspecified atom stereocenters. The van der Waals surface area contributed by atoms with Crippen LogP contribution in [0.4, 0.5) is 0 Å². The predicted molar refractivity (Wildman–Crippen MR) is 47.1 cm³/mol. The van der Waals surface area contributed by atoms with E-state index in [-0.39, 0.29) is 24.7 Å². The van der Waals surface area contributed by atoms with Crippen LogP contribution in [0.3, 0.4) is 0 Å². The maximum atomic E-state index is 11.2. The van der Waals surface area contributed by atoms with Gasteiger partial charge in [-0.15, -0.1) is 0 Å². The number of amides is 1. The standard InChI is InChI=1S/C9H15NO3/c1-2-3-4-8(13)10-9(6-11)5-7(9)12/h11H,2-6H2,1H3,(H,10,13)/t9-/m0/s1. The van der Waals surface area contributed by atoms with E-state index in [1.807, 2.05) is 6.92 Å². The third-order valence-corrected chi connectivity index (χ3v) is 2.28. The molecule has 1 rings (SSSR count). The van der Waals surface area contributed by atoms with Crippen molar-refractivity contribution in [3.05, 3.63) is 0 Å². The maximum Gasteiger partial charge on any atom is 0.220 e. The van der Waals surface area contributed by atoms with Crippen LogP contribution in [0.5, 0.6) is 0 Å². The zero-order valence-corrected chi connectivity index (χ0v) is 7.80. The Balaban J connectivity index is 2.31. The van der Waals surface area contributed by atoms with E-state index in [1.54, 1.807) is 0 Å². The number of rotatable bonds is 5. The lowest BCUT2D eigenvalue weighted by Gasteiger charge is -2.11. The summed E-state index contributed by atoms with van der Waals surface area (Å²) >= 11 is 0. The van der Waals surface area contributed by atoms with E-state index in [9.17, 15) is 9.59 Å². The van der Waals surface area contributed by atoms with Crippen molar-refractivity contribution in [2.45, 2.75) is 38.1 Å². The summed E-state index contributed by atoms with van der Waals surface area (Å²) in [5.41, 5.74) is -0.912. The van der Waals surface area contributed by atoms with Gasteiger partial charge in [0.1, 0.15) is 5.54 Å². The smallest absolute Gasteiger partial charge is 0.220 e. The molecule has 1 fully saturated rings. The SMILES string of the molecule is CCCCC(=O)N[C@]1(CO)CC1=O. The van der Waals surface area contributed by atoms with Crippen molar-refractivity contribution >= 4 is 11.7 Å². The summed E-state index contributed by atoms with van der Waals surface area (Å²) in [4.78, 5) is 22.1. The first kappa shape index (κ1) is 10.2. The first-order valence-electron chi connectivity index (χ1n) is 4.60. The van der Waals surface area contributed by atoms with Crippen molar-refractivity contribution in [2.75, 3.05) is 6.61 Å². The zero-order valence-electron chi connectivity index (χ0n) is 7.80. The minimum absolute atomic E-state index is 0.0696. The van der Waals surface area contributed by atoms with Gasteiger partial charge in [0, 0.05) is 12.8 Å². The van der Waals surface area contributed by atoms with Gasteiger partial charge in [-0.25, -0.2) is 0 Å². The van der Waals surface area contributed by atoms with E-state index in [0.29, 0.717) is 6.42 Å². The summed E-state index contributed by atoms with van der Waals surface area (Å²) in [7, 11) is 0. The van der Waals surface area contributed by atoms with Crippen molar-refractivity contribution in [3.63, 3.8) is 0 Å². The number of Topliss-reactive ketones (excluding diaryl/α,β-unsaturated/α-hetero) is 1. The number of aliphatic hydroxyl groups is 1. The van der Waals surface area contributed by atoms with E-state index in [1.165, 1.54) is 0 Å². The fraction of sp³-hybridized carbons (Fsp3) is 0.778. The zero-order chi connectivity index (χ0) is 9.90. The lowest BCUT2D eigenvalue weighted by Crippen LogP contribution is -2.41. The van der Waals surface area contributed by atoms with E-state index in [2.05, 4.69) is 5.32 Å². The summed E-state index contributed by atoms with van der Waals surface area (Å²) in [6.07, 6.45) is 2.49. The summed E-state index contributed by atoms with van der Waals surface area (Å²) in [6, 6.07) is 0. The number of hydrogen-bond donors (Lipinski definition) is 2. The number of carbonyl (C=O) groups excluding carboxylic acids is 2. The van der Waals surface area contributed by atoms with Gasteiger partial charge in [0.05, 0.1) is 6.61 Å². The summed E-state index contributed by atoms with van der Waals surface area (Å²) in [5.74, 6) is -0.207. The summed E-state index contributed by atoms with van der Waals surface area (Å²) < 4.78 is 0. The Hall–Kier alpha value is -0.900. The molecule has 0 radical (unpaired) electrons. The Kier molecular flexibility index (Phi) is 3.03. The molecule has 4 nitrogen and oxygen atoms in total. The lowest BCUT2D eigenvalue weighted by atomic mass is 10.2. The largest absolute Gasteiger partial charge is 0.393 e. The molecule has 0 aromatic carbocycles. The molecule has 0 spiro atoms. The number of ketones is 1. The first-order valence-corrected chi connectivity index (χ1v) is 4.60. The molecule has 1 saturated carbocycles. The predicted octanol–water partition coefficient (Wildman–Crippen LogP) is -0.00330. The fourth-order valence-corrected chi connectivity index (χ4v) is 1.19. The van der Waals surface area contributed by atoms with Crippen LogP contribution >= 0.6 is 0 Å². The van der Waals surface area contributed by atoms with Crippen LogP contribution in [0.2, 0.25) is 0 Å². The number of unbranched alkanes of at least 4 members (excludes halogenated alkanes) is 1. The summed E-state index contributed by atoms with van der Waals surface area (Å²) in [6.45, 7) is 1.72. The highest BCUT2D eigenvalue weighted by Gasteiger charge is 2.54. The van der Waals surface area contributed by atoms with Gasteiger partial charge in [-0.1, -0.05) is 13.3 Å². The second-order valence-corrected chi connectivity index (χ2v) is 3.49. The lowest BCUT2D eigenvalue weighted by molar-refractivity contribution is -0.124. The average molecular weight is 185 g/mol. The third kappa shape index (κ3) is 2.28. The molecule has 0 saturated heterocycles.